The first-order valence-electron chi connectivity index (χ1n) is 10.2. The van der Waals surface area contributed by atoms with Crippen molar-refractivity contribution in [1.82, 2.24) is 20.0 Å². The molecule has 1 amide bonds. The van der Waals surface area contributed by atoms with Crippen LogP contribution in [0.3, 0.4) is 0 Å². The molecular formula is C23H22FN5O3S. The van der Waals surface area contributed by atoms with E-state index in [0.29, 0.717) is 11.4 Å². The number of halogens is 1. The molecule has 0 unspecified atom stereocenters. The predicted octanol–water partition coefficient (Wildman–Crippen LogP) is 4.88. The summed E-state index contributed by atoms with van der Waals surface area (Å²) in [6, 6.07) is 15.8. The molecule has 8 nitrogen and oxygen atoms in total. The van der Waals surface area contributed by atoms with Crippen LogP contribution >= 0.6 is 11.8 Å². The third kappa shape index (κ3) is 5.23. The molecule has 1 atom stereocenters. The molecule has 2 aromatic heterocycles. The first-order valence-corrected chi connectivity index (χ1v) is 11.2. The molecule has 10 heteroatoms. The van der Waals surface area contributed by atoms with Crippen molar-refractivity contribution in [2.24, 2.45) is 0 Å². The third-order valence-electron chi connectivity index (χ3n) is 4.79. The van der Waals surface area contributed by atoms with Crippen LogP contribution in [0.4, 0.5) is 10.1 Å². The number of nitrogens with one attached hydrogen (secondary N) is 1. The number of hydrogen-bond donors (Lipinski definition) is 1. The smallest absolute Gasteiger partial charge is 0.277 e. The molecule has 0 saturated heterocycles. The number of nitrogens with zero attached hydrogens (tertiary/aromatic N) is 4. The van der Waals surface area contributed by atoms with E-state index in [-0.39, 0.29) is 28.5 Å². The number of aryl methyl sites for hydroxylation is 1. The van der Waals surface area contributed by atoms with Crippen molar-refractivity contribution in [3.05, 3.63) is 77.7 Å². The molecule has 1 N–H and O–H groups in total. The summed E-state index contributed by atoms with van der Waals surface area (Å²) in [4.78, 5) is 12.5. The maximum absolute atomic E-state index is 13.8. The Balaban J connectivity index is 1.35. The lowest BCUT2D eigenvalue weighted by Crippen LogP contribution is -2.15. The molecule has 2 aromatic carbocycles. The van der Waals surface area contributed by atoms with Crippen LogP contribution in [0.1, 0.15) is 30.3 Å². The molecule has 0 aliphatic carbocycles. The number of thioether (sulfide) groups is 1. The number of hydrogen-bond acceptors (Lipinski definition) is 7. The zero-order valence-corrected chi connectivity index (χ0v) is 19.1. The largest absolute Gasteiger partial charge is 0.478 e. The highest BCUT2D eigenvalue weighted by Gasteiger charge is 2.19. The summed E-state index contributed by atoms with van der Waals surface area (Å²) in [5.41, 5.74) is 3.13. The van der Waals surface area contributed by atoms with E-state index in [1.807, 2.05) is 44.2 Å². The molecule has 0 saturated carbocycles. The normalized spacial score (nSPS) is 11.9. The minimum atomic E-state index is -0.647. The first kappa shape index (κ1) is 22.5. The van der Waals surface area contributed by atoms with E-state index in [2.05, 4.69) is 20.6 Å². The fourth-order valence-corrected chi connectivity index (χ4v) is 3.74. The van der Waals surface area contributed by atoms with Crippen LogP contribution in [-0.2, 0) is 4.79 Å². The van der Waals surface area contributed by atoms with E-state index >= 15 is 0 Å². The fourth-order valence-electron chi connectivity index (χ4n) is 3.17. The summed E-state index contributed by atoms with van der Waals surface area (Å²) in [6.45, 7) is 5.42. The highest BCUT2D eigenvalue weighted by atomic mass is 32.2. The van der Waals surface area contributed by atoms with Crippen molar-refractivity contribution in [3.8, 4) is 11.4 Å². The first-order chi connectivity index (χ1) is 15.9. The van der Waals surface area contributed by atoms with Gasteiger partial charge in [-0.05, 0) is 45.0 Å². The van der Waals surface area contributed by atoms with Gasteiger partial charge in [0.15, 0.2) is 17.7 Å². The molecular weight excluding hydrogens is 445 g/mol. The van der Waals surface area contributed by atoms with E-state index < -0.39 is 11.9 Å². The van der Waals surface area contributed by atoms with Crippen LogP contribution in [0.25, 0.3) is 5.69 Å². The van der Waals surface area contributed by atoms with Gasteiger partial charge in [-0.3, -0.25) is 4.79 Å². The van der Waals surface area contributed by atoms with Gasteiger partial charge in [0.25, 0.3) is 11.1 Å². The lowest BCUT2D eigenvalue weighted by Gasteiger charge is -2.11. The van der Waals surface area contributed by atoms with Crippen LogP contribution in [0.5, 0.6) is 5.75 Å². The molecule has 0 spiro atoms. The number of para-hydroxylation sites is 2. The highest BCUT2D eigenvalue weighted by molar-refractivity contribution is 7.99. The number of amides is 1. The minimum Gasteiger partial charge on any atom is -0.478 e. The lowest BCUT2D eigenvalue weighted by atomic mass is 10.3. The van der Waals surface area contributed by atoms with Crippen molar-refractivity contribution in [2.45, 2.75) is 32.1 Å². The summed E-state index contributed by atoms with van der Waals surface area (Å²) in [6.07, 6.45) is -0.647. The number of anilines is 1. The molecule has 33 heavy (non-hydrogen) atoms. The lowest BCUT2D eigenvalue weighted by molar-refractivity contribution is -0.113. The van der Waals surface area contributed by atoms with E-state index in [9.17, 15) is 9.18 Å². The number of aromatic nitrogens is 4. The molecule has 0 radical (unpaired) electrons. The van der Waals surface area contributed by atoms with Gasteiger partial charge in [0.1, 0.15) is 0 Å². The summed E-state index contributed by atoms with van der Waals surface area (Å²) in [5.74, 6) is -0.347. The van der Waals surface area contributed by atoms with E-state index in [0.717, 1.165) is 23.1 Å². The van der Waals surface area contributed by atoms with Gasteiger partial charge in [0.2, 0.25) is 5.91 Å². The molecule has 2 heterocycles. The van der Waals surface area contributed by atoms with Crippen LogP contribution in [-0.4, -0.2) is 31.6 Å². The Labute approximate surface area is 194 Å². The zero-order chi connectivity index (χ0) is 23.4. The Morgan fingerprint density at radius 3 is 2.64 bits per heavy atom. The predicted molar refractivity (Wildman–Crippen MR) is 122 cm³/mol. The van der Waals surface area contributed by atoms with Crippen molar-refractivity contribution in [2.75, 3.05) is 11.1 Å². The molecule has 4 rings (SSSR count). The topological polar surface area (TPSA) is 95.1 Å². The van der Waals surface area contributed by atoms with Gasteiger partial charge in [0, 0.05) is 0 Å². The van der Waals surface area contributed by atoms with Crippen LogP contribution in [0, 0.1) is 19.7 Å². The van der Waals surface area contributed by atoms with Crippen LogP contribution < -0.4 is 10.1 Å². The summed E-state index contributed by atoms with van der Waals surface area (Å²) >= 11 is 1.10. The Morgan fingerprint density at radius 1 is 1.15 bits per heavy atom. The Kier molecular flexibility index (Phi) is 6.74. The fraction of sp³-hybridized carbons (Fsp3) is 0.217. The molecule has 0 aliphatic heterocycles. The second kappa shape index (κ2) is 9.86. The van der Waals surface area contributed by atoms with Crippen molar-refractivity contribution in [1.29, 1.82) is 0 Å². The SMILES string of the molecule is Cc1nn(-c2ccccc2)c(C)c1NC(=O)CSc1nnc([C@H](C)Oc2ccccc2F)o1. The molecule has 0 aliphatic rings. The van der Waals surface area contributed by atoms with Gasteiger partial charge in [-0.1, -0.05) is 42.1 Å². The molecule has 4 aromatic rings. The van der Waals surface area contributed by atoms with E-state index in [1.54, 1.807) is 23.7 Å². The Hall–Kier alpha value is -3.66. The minimum absolute atomic E-state index is 0.0690. The Bertz CT molecular complexity index is 1260. The average molecular weight is 468 g/mol. The van der Waals surface area contributed by atoms with Gasteiger partial charge < -0.3 is 14.5 Å². The van der Waals surface area contributed by atoms with E-state index in [1.165, 1.54) is 12.1 Å². The number of carbonyl (C=O) groups is 1. The van der Waals surface area contributed by atoms with E-state index in [4.69, 9.17) is 9.15 Å². The third-order valence-corrected chi connectivity index (χ3v) is 5.61. The van der Waals surface area contributed by atoms with Crippen LogP contribution in [0.2, 0.25) is 0 Å². The van der Waals surface area contributed by atoms with Crippen molar-refractivity contribution < 1.29 is 18.3 Å². The zero-order valence-electron chi connectivity index (χ0n) is 18.3. The average Bonchev–Trinajstić information content (AvgIpc) is 3.40. The van der Waals surface area contributed by atoms with Gasteiger partial charge in [-0.15, -0.1) is 10.2 Å². The van der Waals surface area contributed by atoms with Gasteiger partial charge >= 0.3 is 0 Å². The van der Waals surface area contributed by atoms with Crippen molar-refractivity contribution >= 4 is 23.4 Å². The molecule has 0 bridgehead atoms. The van der Waals surface area contributed by atoms with Gasteiger partial charge in [-0.2, -0.15) is 5.10 Å². The van der Waals surface area contributed by atoms with Gasteiger partial charge in [0.05, 0.1) is 28.5 Å². The maximum atomic E-state index is 13.8. The monoisotopic (exact) mass is 467 g/mol. The number of carbonyl (C=O) groups excluding carboxylic acids is 1. The second-order valence-electron chi connectivity index (χ2n) is 7.23. The Morgan fingerprint density at radius 2 is 1.88 bits per heavy atom. The second-order valence-corrected chi connectivity index (χ2v) is 8.15. The maximum Gasteiger partial charge on any atom is 0.277 e. The highest BCUT2D eigenvalue weighted by Crippen LogP contribution is 2.26. The van der Waals surface area contributed by atoms with Crippen molar-refractivity contribution in [3.63, 3.8) is 0 Å². The summed E-state index contributed by atoms with van der Waals surface area (Å²) in [7, 11) is 0. The van der Waals surface area contributed by atoms with Crippen LogP contribution in [0.15, 0.2) is 64.2 Å². The summed E-state index contributed by atoms with van der Waals surface area (Å²) in [5, 5.41) is 15.5. The van der Waals surface area contributed by atoms with Gasteiger partial charge in [-0.25, -0.2) is 9.07 Å². The quantitative estimate of drug-likeness (QED) is 0.369. The molecule has 170 valence electrons. The summed E-state index contributed by atoms with van der Waals surface area (Å²) < 4.78 is 26.7. The number of ether oxygens (including phenoxy) is 1. The molecule has 0 fully saturated rings. The number of rotatable bonds is 8. The standard InChI is InChI=1S/C23H22FN5O3S/c1-14-21(15(2)29(28-14)17-9-5-4-6-10-17)25-20(30)13-33-23-27-26-22(32-23)16(3)31-19-12-8-7-11-18(19)24/h4-12,16H,13H2,1-3H3,(H,25,30)/t16-/m0/s1. The number of benzene rings is 2.